The van der Waals surface area contributed by atoms with E-state index in [1.54, 1.807) is 36.2 Å². The average molecular weight is 399 g/mol. The van der Waals surface area contributed by atoms with Crippen LogP contribution in [0.2, 0.25) is 0 Å². The van der Waals surface area contributed by atoms with Gasteiger partial charge in [0.2, 0.25) is 5.82 Å². The van der Waals surface area contributed by atoms with E-state index in [2.05, 4.69) is 16.4 Å². The molecule has 2 aromatic carbocycles. The number of aromatic nitrogens is 2. The Labute approximate surface area is 174 Å². The molecule has 1 aliphatic heterocycles. The molecule has 4 rings (SSSR count). The largest absolute Gasteiger partial charge is 0.323 e. The number of imidazole rings is 1. The maximum Gasteiger partial charge on any atom is 0.294 e. The van der Waals surface area contributed by atoms with Crippen LogP contribution in [0.5, 0.6) is 0 Å². The highest BCUT2D eigenvalue weighted by atomic mass is 16.2. The number of nitrogens with zero attached hydrogens (tertiary/aromatic N) is 4. The van der Waals surface area contributed by atoms with Gasteiger partial charge in [0.05, 0.1) is 17.3 Å². The van der Waals surface area contributed by atoms with Crippen molar-refractivity contribution >= 4 is 23.2 Å². The zero-order valence-corrected chi connectivity index (χ0v) is 16.6. The molecule has 1 aromatic heterocycles. The number of carbonyl (C=O) groups is 2. The highest BCUT2D eigenvalue weighted by Crippen LogP contribution is 2.24. The van der Waals surface area contributed by atoms with E-state index in [-0.39, 0.29) is 23.3 Å². The fraction of sp³-hybridized carbons (Fsp3) is 0.217. The molecule has 0 saturated heterocycles. The zero-order chi connectivity index (χ0) is 21.1. The molecule has 0 atom stereocenters. The summed E-state index contributed by atoms with van der Waals surface area (Å²) in [5, 5.41) is 11.9. The Hall–Kier alpha value is -3.92. The summed E-state index contributed by atoms with van der Waals surface area (Å²) in [4.78, 5) is 32.2. The molecule has 7 nitrogen and oxygen atoms in total. The monoisotopic (exact) mass is 399 g/mol. The van der Waals surface area contributed by atoms with Gasteiger partial charge in [0, 0.05) is 25.0 Å². The van der Waals surface area contributed by atoms with Crippen LogP contribution in [0.25, 0.3) is 0 Å². The third-order valence-corrected chi connectivity index (χ3v) is 5.22. The number of para-hydroxylation sites is 1. The second-order valence-electron chi connectivity index (χ2n) is 7.19. The lowest BCUT2D eigenvalue weighted by molar-refractivity contribution is 0.0978. The molecule has 0 saturated carbocycles. The molecule has 0 bridgehead atoms. The molecule has 2 amide bonds. The van der Waals surface area contributed by atoms with Gasteiger partial charge in [-0.3, -0.25) is 9.59 Å². The number of nitriles is 1. The quantitative estimate of drug-likeness (QED) is 0.725. The number of fused-ring (bicyclic) bond motifs is 1. The van der Waals surface area contributed by atoms with Crippen LogP contribution in [0.3, 0.4) is 0 Å². The van der Waals surface area contributed by atoms with Crippen molar-refractivity contribution in [1.82, 2.24) is 9.55 Å². The van der Waals surface area contributed by atoms with Crippen molar-refractivity contribution in [3.05, 3.63) is 77.4 Å². The molecular formula is C23H21N5O2. The zero-order valence-electron chi connectivity index (χ0n) is 16.6. The molecule has 0 radical (unpaired) electrons. The first-order valence-corrected chi connectivity index (χ1v) is 9.82. The molecule has 150 valence electrons. The summed E-state index contributed by atoms with van der Waals surface area (Å²) in [6.07, 6.45) is 2.57. The second kappa shape index (κ2) is 8.21. The Kier molecular flexibility index (Phi) is 5.31. The smallest absolute Gasteiger partial charge is 0.294 e. The van der Waals surface area contributed by atoms with Crippen LogP contribution in [0.1, 0.15) is 45.2 Å². The number of anilines is 2. The van der Waals surface area contributed by atoms with Crippen molar-refractivity contribution in [2.75, 3.05) is 17.3 Å². The van der Waals surface area contributed by atoms with E-state index in [1.807, 2.05) is 34.9 Å². The van der Waals surface area contributed by atoms with Crippen LogP contribution >= 0.6 is 0 Å². The number of benzene rings is 2. The van der Waals surface area contributed by atoms with Crippen molar-refractivity contribution in [1.29, 1.82) is 5.26 Å². The Bertz CT molecular complexity index is 1140. The van der Waals surface area contributed by atoms with Gasteiger partial charge >= 0.3 is 0 Å². The second-order valence-corrected chi connectivity index (χ2v) is 7.19. The van der Waals surface area contributed by atoms with Gasteiger partial charge in [0.25, 0.3) is 11.8 Å². The van der Waals surface area contributed by atoms with Crippen LogP contribution in [0.15, 0.2) is 54.6 Å². The summed E-state index contributed by atoms with van der Waals surface area (Å²) < 4.78 is 1.87. The predicted octanol–water partition coefficient (Wildman–Crippen LogP) is 3.62. The van der Waals surface area contributed by atoms with Gasteiger partial charge in [0.1, 0.15) is 0 Å². The highest BCUT2D eigenvalue weighted by Gasteiger charge is 2.29. The van der Waals surface area contributed by atoms with Crippen LogP contribution in [0.4, 0.5) is 11.4 Å². The van der Waals surface area contributed by atoms with Crippen molar-refractivity contribution in [3.8, 4) is 6.07 Å². The molecule has 1 aliphatic rings. The predicted molar refractivity (Wildman–Crippen MR) is 113 cm³/mol. The first-order chi connectivity index (χ1) is 14.6. The van der Waals surface area contributed by atoms with Gasteiger partial charge in [-0.1, -0.05) is 24.3 Å². The summed E-state index contributed by atoms with van der Waals surface area (Å²) in [6, 6.07) is 18.1. The number of nitrogens with one attached hydrogen (secondary N) is 1. The summed E-state index contributed by atoms with van der Waals surface area (Å²) in [5.41, 5.74) is 2.78. The van der Waals surface area contributed by atoms with E-state index in [1.165, 1.54) is 0 Å². The number of carbonyl (C=O) groups excluding carboxylic acids is 2. The molecule has 3 aromatic rings. The Morgan fingerprint density at radius 2 is 1.93 bits per heavy atom. The summed E-state index contributed by atoms with van der Waals surface area (Å²) in [6.45, 7) is 0.656. The van der Waals surface area contributed by atoms with Crippen molar-refractivity contribution in [2.45, 2.75) is 25.8 Å². The Morgan fingerprint density at radius 3 is 2.70 bits per heavy atom. The van der Waals surface area contributed by atoms with Crippen LogP contribution in [-0.4, -0.2) is 28.4 Å². The SMILES string of the molecule is CN(C(=O)c1nc(C(=O)Nc2cccc(C#N)c2)c2n1CCCC2)c1ccccc1. The molecule has 0 unspecified atom stereocenters. The van der Waals surface area contributed by atoms with Crippen molar-refractivity contribution < 1.29 is 9.59 Å². The van der Waals surface area contributed by atoms with Gasteiger partial charge in [0.15, 0.2) is 5.69 Å². The molecule has 30 heavy (non-hydrogen) atoms. The van der Waals surface area contributed by atoms with Crippen LogP contribution < -0.4 is 10.2 Å². The molecule has 0 aliphatic carbocycles. The van der Waals surface area contributed by atoms with E-state index < -0.39 is 0 Å². The fourth-order valence-corrected chi connectivity index (χ4v) is 3.66. The third-order valence-electron chi connectivity index (χ3n) is 5.22. The Morgan fingerprint density at radius 1 is 1.13 bits per heavy atom. The van der Waals surface area contributed by atoms with Gasteiger partial charge < -0.3 is 14.8 Å². The highest BCUT2D eigenvalue weighted by molar-refractivity contribution is 6.07. The molecule has 1 N–H and O–H groups in total. The molecule has 7 heteroatoms. The number of hydrogen-bond acceptors (Lipinski definition) is 4. The summed E-state index contributed by atoms with van der Waals surface area (Å²) in [7, 11) is 1.70. The van der Waals surface area contributed by atoms with E-state index >= 15 is 0 Å². The van der Waals surface area contributed by atoms with E-state index in [4.69, 9.17) is 5.26 Å². The van der Waals surface area contributed by atoms with Crippen LogP contribution in [-0.2, 0) is 13.0 Å². The third kappa shape index (κ3) is 3.67. The normalized spacial score (nSPS) is 12.5. The summed E-state index contributed by atoms with van der Waals surface area (Å²) >= 11 is 0. The van der Waals surface area contributed by atoms with Gasteiger partial charge in [-0.2, -0.15) is 5.26 Å². The van der Waals surface area contributed by atoms with Crippen molar-refractivity contribution in [3.63, 3.8) is 0 Å². The standard InChI is InChI=1S/C23H21N5O2/c1-27(18-10-3-2-4-11-18)23(30)21-26-20(19-12-5-6-13-28(19)21)22(29)25-17-9-7-8-16(14-17)15-24/h2-4,7-11,14H,5-6,12-13H2,1H3,(H,25,29). The van der Waals surface area contributed by atoms with Gasteiger partial charge in [-0.05, 0) is 49.6 Å². The molecule has 0 fully saturated rings. The lowest BCUT2D eigenvalue weighted by atomic mass is 10.1. The van der Waals surface area contributed by atoms with Crippen molar-refractivity contribution in [2.24, 2.45) is 0 Å². The molecule has 2 heterocycles. The van der Waals surface area contributed by atoms with Crippen LogP contribution in [0, 0.1) is 11.3 Å². The maximum absolute atomic E-state index is 13.2. The minimum Gasteiger partial charge on any atom is -0.323 e. The summed E-state index contributed by atoms with van der Waals surface area (Å²) in [5.74, 6) is -0.362. The van der Waals surface area contributed by atoms with Gasteiger partial charge in [-0.25, -0.2) is 4.98 Å². The minimum absolute atomic E-state index is 0.255. The topological polar surface area (TPSA) is 91.0 Å². The Balaban J connectivity index is 1.66. The van der Waals surface area contributed by atoms with E-state index in [0.29, 0.717) is 24.2 Å². The fourth-order valence-electron chi connectivity index (χ4n) is 3.66. The maximum atomic E-state index is 13.2. The first kappa shape index (κ1) is 19.4. The minimum atomic E-state index is -0.378. The number of rotatable bonds is 4. The van der Waals surface area contributed by atoms with E-state index in [0.717, 1.165) is 24.2 Å². The molecule has 0 spiro atoms. The lowest BCUT2D eigenvalue weighted by Crippen LogP contribution is -2.30. The average Bonchev–Trinajstić information content (AvgIpc) is 3.18. The number of hydrogen-bond donors (Lipinski definition) is 1. The van der Waals surface area contributed by atoms with Gasteiger partial charge in [-0.15, -0.1) is 0 Å². The first-order valence-electron chi connectivity index (χ1n) is 9.82. The molecular weight excluding hydrogens is 378 g/mol. The number of amides is 2. The lowest BCUT2D eigenvalue weighted by Gasteiger charge is -2.20. The van der Waals surface area contributed by atoms with E-state index in [9.17, 15) is 9.59 Å².